The van der Waals surface area contributed by atoms with Gasteiger partial charge in [-0.15, -0.1) is 5.10 Å². The molecule has 0 saturated carbocycles. The van der Waals surface area contributed by atoms with Crippen LogP contribution in [0.2, 0.25) is 0 Å². The Balaban J connectivity index is 2.27. The Labute approximate surface area is 60.3 Å². The number of hydrogen-bond acceptors (Lipinski definition) is 1. The van der Waals surface area contributed by atoms with E-state index >= 15 is 0 Å². The molecule has 1 heterocycles. The molecule has 0 fully saturated rings. The first kappa shape index (κ1) is 5.71. The fourth-order valence-electron chi connectivity index (χ4n) is 1.36. The van der Waals surface area contributed by atoms with Gasteiger partial charge in [0.2, 0.25) is 5.71 Å². The van der Waals surface area contributed by atoms with Crippen molar-refractivity contribution >= 4 is 5.71 Å². The van der Waals surface area contributed by atoms with Crippen LogP contribution in [0.25, 0.3) is 0 Å². The summed E-state index contributed by atoms with van der Waals surface area (Å²) in [6.07, 6.45) is 9.75. The number of rotatable bonds is 0. The van der Waals surface area contributed by atoms with Crippen LogP contribution >= 0.6 is 0 Å². The van der Waals surface area contributed by atoms with Crippen LogP contribution in [-0.4, -0.2) is 12.3 Å². The molecule has 0 bridgehead atoms. The summed E-state index contributed by atoms with van der Waals surface area (Å²) >= 11 is 0. The zero-order chi connectivity index (χ0) is 6.81. The first-order valence-electron chi connectivity index (χ1n) is 3.67. The summed E-state index contributed by atoms with van der Waals surface area (Å²) in [5.41, 5.74) is 4.41. The van der Waals surface area contributed by atoms with Gasteiger partial charge < -0.3 is 0 Å². The van der Waals surface area contributed by atoms with Crippen molar-refractivity contribution in [1.29, 1.82) is 0 Å². The minimum atomic E-state index is 0.631. The molecule has 1 aliphatic carbocycles. The number of nitrogens with one attached hydrogen (secondary N) is 2. The summed E-state index contributed by atoms with van der Waals surface area (Å²) in [4.78, 5) is 0. The molecule has 0 aromatic heterocycles. The van der Waals surface area contributed by atoms with E-state index in [0.717, 1.165) is 6.54 Å². The maximum atomic E-state index is 3.15. The summed E-state index contributed by atoms with van der Waals surface area (Å²) in [6, 6.07) is 0. The molecule has 0 amide bonds. The van der Waals surface area contributed by atoms with E-state index in [9.17, 15) is 0 Å². The van der Waals surface area contributed by atoms with Gasteiger partial charge in [-0.1, -0.05) is 18.2 Å². The Hall–Kier alpha value is -1.05. The van der Waals surface area contributed by atoms with Crippen LogP contribution in [0, 0.1) is 5.92 Å². The van der Waals surface area contributed by atoms with Crippen LogP contribution in [0.15, 0.2) is 24.3 Å². The first-order chi connectivity index (χ1) is 4.97. The van der Waals surface area contributed by atoms with Crippen LogP contribution < -0.4 is 10.5 Å². The van der Waals surface area contributed by atoms with Gasteiger partial charge in [-0.05, 0) is 6.42 Å². The fourth-order valence-corrected chi connectivity index (χ4v) is 1.36. The molecule has 2 rings (SSSR count). The molecule has 1 unspecified atom stereocenters. The van der Waals surface area contributed by atoms with E-state index in [2.05, 4.69) is 34.8 Å². The van der Waals surface area contributed by atoms with Gasteiger partial charge in [-0.2, -0.15) is 0 Å². The van der Waals surface area contributed by atoms with Crippen molar-refractivity contribution in [2.45, 2.75) is 6.42 Å². The average molecular weight is 135 g/mol. The third-order valence-electron chi connectivity index (χ3n) is 1.94. The molecule has 1 atom stereocenters. The summed E-state index contributed by atoms with van der Waals surface area (Å²) in [7, 11) is 0. The van der Waals surface area contributed by atoms with Crippen molar-refractivity contribution < 1.29 is 5.10 Å². The van der Waals surface area contributed by atoms with Crippen LogP contribution in [0.3, 0.4) is 0 Å². The molecule has 0 aromatic carbocycles. The molecule has 0 spiro atoms. The van der Waals surface area contributed by atoms with E-state index in [0.29, 0.717) is 5.92 Å². The van der Waals surface area contributed by atoms with E-state index < -0.39 is 0 Å². The van der Waals surface area contributed by atoms with Gasteiger partial charge in [0.15, 0.2) is 0 Å². The van der Waals surface area contributed by atoms with Crippen LogP contribution in [0.5, 0.6) is 0 Å². The molecule has 0 radical (unpaired) electrons. The molecule has 2 nitrogen and oxygen atoms in total. The predicted molar refractivity (Wildman–Crippen MR) is 40.4 cm³/mol. The summed E-state index contributed by atoms with van der Waals surface area (Å²) in [6.45, 7) is 1.06. The fraction of sp³-hybridized carbons (Fsp3) is 0.375. The van der Waals surface area contributed by atoms with Crippen LogP contribution in [0.1, 0.15) is 6.42 Å². The highest BCUT2D eigenvalue weighted by molar-refractivity contribution is 5.94. The van der Waals surface area contributed by atoms with Gasteiger partial charge in [0.05, 0.1) is 12.5 Å². The van der Waals surface area contributed by atoms with E-state index in [4.69, 9.17) is 0 Å². The van der Waals surface area contributed by atoms with E-state index in [1.165, 1.54) is 12.1 Å². The van der Waals surface area contributed by atoms with Gasteiger partial charge in [0.25, 0.3) is 0 Å². The molecule has 0 saturated heterocycles. The number of hydrazine groups is 1. The second kappa shape index (κ2) is 2.29. The van der Waals surface area contributed by atoms with Crippen molar-refractivity contribution in [3.63, 3.8) is 0 Å². The largest absolute Gasteiger partial charge is 0.209 e. The number of allylic oxidation sites excluding steroid dienone is 4. The van der Waals surface area contributed by atoms with Crippen molar-refractivity contribution in [3.8, 4) is 0 Å². The highest BCUT2D eigenvalue weighted by atomic mass is 15.3. The third kappa shape index (κ3) is 0.856. The molecule has 2 aliphatic rings. The Bertz CT molecular complexity index is 213. The zero-order valence-electron chi connectivity index (χ0n) is 5.80. The van der Waals surface area contributed by atoms with Gasteiger partial charge >= 0.3 is 0 Å². The van der Waals surface area contributed by atoms with Gasteiger partial charge in [0.1, 0.15) is 0 Å². The maximum Gasteiger partial charge on any atom is 0.209 e. The minimum absolute atomic E-state index is 0.631. The Kier molecular flexibility index (Phi) is 1.31. The molecular weight excluding hydrogens is 124 g/mol. The number of fused-ring (bicyclic) bond motifs is 1. The van der Waals surface area contributed by atoms with Crippen LogP contribution in [0.4, 0.5) is 0 Å². The van der Waals surface area contributed by atoms with Crippen molar-refractivity contribution in [1.82, 2.24) is 5.43 Å². The molecule has 10 heavy (non-hydrogen) atoms. The molecule has 2 heteroatoms. The zero-order valence-corrected chi connectivity index (χ0v) is 5.80. The molecule has 0 aromatic rings. The van der Waals surface area contributed by atoms with Crippen molar-refractivity contribution in [3.05, 3.63) is 24.3 Å². The highest BCUT2D eigenvalue weighted by Crippen LogP contribution is 2.10. The van der Waals surface area contributed by atoms with Gasteiger partial charge in [-0.3, -0.25) is 0 Å². The van der Waals surface area contributed by atoms with Gasteiger partial charge in [-0.25, -0.2) is 5.43 Å². The summed E-state index contributed by atoms with van der Waals surface area (Å²) in [5.74, 6) is 0.631. The Morgan fingerprint density at radius 3 is 3.40 bits per heavy atom. The molecule has 52 valence electrons. The quantitative estimate of drug-likeness (QED) is 0.445. The first-order valence-corrected chi connectivity index (χ1v) is 3.67. The monoisotopic (exact) mass is 135 g/mol. The lowest BCUT2D eigenvalue weighted by Gasteiger charge is -2.14. The predicted octanol–water partition coefficient (Wildman–Crippen LogP) is -0.841. The van der Waals surface area contributed by atoms with Crippen LogP contribution in [-0.2, 0) is 0 Å². The average Bonchev–Trinajstić information content (AvgIpc) is 2.05. The van der Waals surface area contributed by atoms with E-state index in [1.54, 1.807) is 0 Å². The standard InChI is InChI=1S/C8H10N2/c1-2-4-8-7(3-1)5-6-9-10-8/h1-4,7,9H,5-6H2/p+1. The van der Waals surface area contributed by atoms with Crippen molar-refractivity contribution in [2.24, 2.45) is 5.92 Å². The summed E-state index contributed by atoms with van der Waals surface area (Å²) < 4.78 is 0. The molecule has 2 N–H and O–H groups in total. The Morgan fingerprint density at radius 2 is 2.50 bits per heavy atom. The van der Waals surface area contributed by atoms with E-state index in [1.807, 2.05) is 0 Å². The topological polar surface area (TPSA) is 26.0 Å². The lowest BCUT2D eigenvalue weighted by molar-refractivity contribution is -0.532. The van der Waals surface area contributed by atoms with E-state index in [-0.39, 0.29) is 0 Å². The molecule has 1 aliphatic heterocycles. The minimum Gasteiger partial charge on any atom is -0.200 e. The smallest absolute Gasteiger partial charge is 0.200 e. The maximum absolute atomic E-state index is 3.15. The second-order valence-corrected chi connectivity index (χ2v) is 2.65. The number of hydrogen-bond donors (Lipinski definition) is 2. The molecular formula is C8H11N2+. The Morgan fingerprint density at radius 1 is 1.50 bits per heavy atom. The third-order valence-corrected chi connectivity index (χ3v) is 1.94. The summed E-state index contributed by atoms with van der Waals surface area (Å²) in [5, 5.41) is 3.15. The lowest BCUT2D eigenvalue weighted by Crippen LogP contribution is -2.86. The highest BCUT2D eigenvalue weighted by Gasteiger charge is 2.21. The lowest BCUT2D eigenvalue weighted by atomic mass is 9.94. The van der Waals surface area contributed by atoms with Gasteiger partial charge in [0, 0.05) is 6.08 Å². The second-order valence-electron chi connectivity index (χ2n) is 2.65. The van der Waals surface area contributed by atoms with Crippen molar-refractivity contribution in [2.75, 3.05) is 6.54 Å². The SMILES string of the molecule is C1=CC2=[NH+]NCCC2C=C1. The number of hydrazone groups is 1. The normalized spacial score (nSPS) is 28.8.